The van der Waals surface area contributed by atoms with E-state index in [1.165, 1.54) is 0 Å². The Morgan fingerprint density at radius 3 is 1.91 bits per heavy atom. The molecule has 0 fully saturated rings. The fourth-order valence-electron chi connectivity index (χ4n) is 1.44. The molecular formula is C17H30BrNO2S2. The highest BCUT2D eigenvalue weighted by atomic mass is 79.9. The van der Waals surface area contributed by atoms with Crippen LogP contribution in [0.1, 0.15) is 60.1 Å². The van der Waals surface area contributed by atoms with Crippen LogP contribution in [0.3, 0.4) is 0 Å². The number of rotatable bonds is 4. The van der Waals surface area contributed by atoms with Crippen molar-refractivity contribution in [1.29, 1.82) is 0 Å². The minimum atomic E-state index is -1.12. The van der Waals surface area contributed by atoms with Gasteiger partial charge >= 0.3 is 0 Å². The average molecular weight is 424 g/mol. The van der Waals surface area contributed by atoms with Crippen molar-refractivity contribution in [2.75, 3.05) is 6.26 Å². The zero-order valence-corrected chi connectivity index (χ0v) is 18.6. The second-order valence-electron chi connectivity index (χ2n) is 7.09. The van der Waals surface area contributed by atoms with Crippen LogP contribution < -0.4 is 4.72 Å². The Hall–Kier alpha value is -0.0400. The third kappa shape index (κ3) is 9.13. The van der Waals surface area contributed by atoms with E-state index in [-0.39, 0.29) is 10.8 Å². The monoisotopic (exact) mass is 423 g/mol. The minimum absolute atomic E-state index is 0.0474. The van der Waals surface area contributed by atoms with Gasteiger partial charge in [0.1, 0.15) is 0 Å². The SMILES string of the molecule is CC(C)C.CC(N[S@@](=O)C(C)(C)C)c1ccc(S(C)=O)cc1Br. The van der Waals surface area contributed by atoms with Gasteiger partial charge in [-0.3, -0.25) is 4.21 Å². The summed E-state index contributed by atoms with van der Waals surface area (Å²) in [5.74, 6) is 0.833. The summed E-state index contributed by atoms with van der Waals surface area (Å²) in [6.45, 7) is 14.3. The Bertz CT molecular complexity index is 551. The first-order chi connectivity index (χ1) is 10.4. The van der Waals surface area contributed by atoms with Crippen LogP contribution >= 0.6 is 15.9 Å². The molecule has 0 spiro atoms. The second-order valence-corrected chi connectivity index (χ2v) is 11.3. The van der Waals surface area contributed by atoms with Gasteiger partial charge in [-0.15, -0.1) is 0 Å². The van der Waals surface area contributed by atoms with E-state index in [2.05, 4.69) is 41.4 Å². The molecule has 0 saturated heterocycles. The average Bonchev–Trinajstić information content (AvgIpc) is 2.36. The quantitative estimate of drug-likeness (QED) is 0.743. The lowest BCUT2D eigenvalue weighted by atomic mass is 10.1. The first kappa shape index (κ1) is 23.0. The molecule has 134 valence electrons. The van der Waals surface area contributed by atoms with E-state index in [0.29, 0.717) is 0 Å². The summed E-state index contributed by atoms with van der Waals surface area (Å²) in [5.41, 5.74) is 1.01. The van der Waals surface area contributed by atoms with Gasteiger partial charge in [-0.05, 0) is 51.3 Å². The van der Waals surface area contributed by atoms with Gasteiger partial charge in [0.25, 0.3) is 0 Å². The van der Waals surface area contributed by atoms with Gasteiger partial charge in [0.15, 0.2) is 0 Å². The molecule has 0 radical (unpaired) electrons. The van der Waals surface area contributed by atoms with E-state index in [0.717, 1.165) is 20.8 Å². The number of hydrogen-bond acceptors (Lipinski definition) is 2. The van der Waals surface area contributed by atoms with Crippen molar-refractivity contribution in [2.24, 2.45) is 5.92 Å². The molecule has 6 heteroatoms. The Balaban J connectivity index is 0.00000108. The lowest BCUT2D eigenvalue weighted by Crippen LogP contribution is -2.34. The minimum Gasteiger partial charge on any atom is -0.255 e. The Labute approximate surface area is 155 Å². The van der Waals surface area contributed by atoms with Crippen LogP contribution in [-0.4, -0.2) is 19.4 Å². The first-order valence-electron chi connectivity index (χ1n) is 7.67. The van der Waals surface area contributed by atoms with E-state index < -0.39 is 21.8 Å². The van der Waals surface area contributed by atoms with E-state index in [1.807, 2.05) is 45.9 Å². The predicted octanol–water partition coefficient (Wildman–Crippen LogP) is 4.96. The molecule has 0 saturated carbocycles. The molecule has 0 amide bonds. The third-order valence-corrected chi connectivity index (χ3v) is 5.89. The van der Waals surface area contributed by atoms with Crippen molar-refractivity contribution in [3.63, 3.8) is 0 Å². The van der Waals surface area contributed by atoms with Crippen LogP contribution in [0.15, 0.2) is 27.6 Å². The predicted molar refractivity (Wildman–Crippen MR) is 106 cm³/mol. The summed E-state index contributed by atoms with van der Waals surface area (Å²) < 4.78 is 27.2. The molecule has 0 aliphatic heterocycles. The summed E-state index contributed by atoms with van der Waals surface area (Å²) in [4.78, 5) is 0.778. The zero-order valence-electron chi connectivity index (χ0n) is 15.4. The highest BCUT2D eigenvalue weighted by Crippen LogP contribution is 2.26. The molecule has 1 aromatic carbocycles. The van der Waals surface area contributed by atoms with E-state index >= 15 is 0 Å². The number of halogens is 1. The second kappa shape index (κ2) is 10.1. The largest absolute Gasteiger partial charge is 0.255 e. The number of hydrogen-bond donors (Lipinski definition) is 1. The van der Waals surface area contributed by atoms with Crippen molar-refractivity contribution in [3.05, 3.63) is 28.2 Å². The molecule has 2 unspecified atom stereocenters. The Kier molecular flexibility index (Phi) is 10.0. The summed E-state index contributed by atoms with van der Waals surface area (Å²) in [5, 5.41) is 0. The van der Waals surface area contributed by atoms with Crippen LogP contribution in [0.4, 0.5) is 0 Å². The third-order valence-electron chi connectivity index (χ3n) is 2.61. The number of benzene rings is 1. The molecule has 0 bridgehead atoms. The van der Waals surface area contributed by atoms with Crippen LogP contribution in [0.5, 0.6) is 0 Å². The topological polar surface area (TPSA) is 46.2 Å². The van der Waals surface area contributed by atoms with E-state index in [4.69, 9.17) is 0 Å². The van der Waals surface area contributed by atoms with E-state index in [9.17, 15) is 8.42 Å². The molecule has 1 rings (SSSR count). The molecular weight excluding hydrogens is 394 g/mol. The molecule has 3 atom stereocenters. The van der Waals surface area contributed by atoms with Gasteiger partial charge in [0.05, 0.1) is 15.7 Å². The van der Waals surface area contributed by atoms with E-state index in [1.54, 1.807) is 6.26 Å². The van der Waals surface area contributed by atoms with Crippen LogP contribution in [0.25, 0.3) is 0 Å². The van der Waals surface area contributed by atoms with Gasteiger partial charge in [-0.25, -0.2) is 8.93 Å². The van der Waals surface area contributed by atoms with Crippen molar-refractivity contribution in [2.45, 2.75) is 64.2 Å². The molecule has 0 aliphatic rings. The Morgan fingerprint density at radius 2 is 1.57 bits per heavy atom. The maximum Gasteiger partial charge on any atom is 0.0975 e. The van der Waals surface area contributed by atoms with Gasteiger partial charge < -0.3 is 0 Å². The maximum absolute atomic E-state index is 12.1. The summed E-state index contributed by atoms with van der Waals surface area (Å²) in [7, 11) is -2.12. The van der Waals surface area contributed by atoms with Crippen LogP contribution in [-0.2, 0) is 21.8 Å². The van der Waals surface area contributed by atoms with Gasteiger partial charge in [0.2, 0.25) is 0 Å². The lowest BCUT2D eigenvalue weighted by Gasteiger charge is -2.23. The molecule has 1 N–H and O–H groups in total. The number of nitrogens with one attached hydrogen (secondary N) is 1. The Morgan fingerprint density at radius 1 is 1.09 bits per heavy atom. The fourth-order valence-corrected chi connectivity index (χ4v) is 3.66. The summed E-state index contributed by atoms with van der Waals surface area (Å²) >= 11 is 3.48. The lowest BCUT2D eigenvalue weighted by molar-refractivity contribution is 0.615. The van der Waals surface area contributed by atoms with Crippen molar-refractivity contribution in [1.82, 2.24) is 4.72 Å². The van der Waals surface area contributed by atoms with Crippen LogP contribution in [0.2, 0.25) is 0 Å². The summed E-state index contributed by atoms with van der Waals surface area (Å²) in [6.07, 6.45) is 1.65. The highest BCUT2D eigenvalue weighted by Gasteiger charge is 2.22. The van der Waals surface area contributed by atoms with Gasteiger partial charge in [-0.1, -0.05) is 42.8 Å². The first-order valence-corrected chi connectivity index (χ1v) is 11.2. The summed E-state index contributed by atoms with van der Waals surface area (Å²) in [6, 6.07) is 5.56. The normalized spacial score (nSPS) is 15.6. The molecule has 3 nitrogen and oxygen atoms in total. The zero-order chi connectivity index (χ0) is 18.4. The highest BCUT2D eigenvalue weighted by molar-refractivity contribution is 9.10. The smallest absolute Gasteiger partial charge is 0.0975 e. The van der Waals surface area contributed by atoms with Crippen LogP contribution in [0, 0.1) is 5.92 Å². The standard InChI is InChI=1S/C13H20BrNO2S2.C4H10/c1-9(15-19(17)13(2,3)4)11-7-6-10(18(5)16)8-12(11)14;1-4(2)3/h6-9,15H,1-5H3;4H,1-3H3/t9?,18?,19-;/m0./s1. The molecule has 0 aliphatic carbocycles. The van der Waals surface area contributed by atoms with Gasteiger partial charge in [-0.2, -0.15) is 0 Å². The van der Waals surface area contributed by atoms with Crippen molar-refractivity contribution in [3.8, 4) is 0 Å². The maximum atomic E-state index is 12.1. The molecule has 0 aromatic heterocycles. The van der Waals surface area contributed by atoms with Crippen molar-refractivity contribution < 1.29 is 8.42 Å². The molecule has 1 aromatic rings. The van der Waals surface area contributed by atoms with Crippen molar-refractivity contribution >= 4 is 37.7 Å². The fraction of sp³-hybridized carbons (Fsp3) is 0.647. The molecule has 23 heavy (non-hydrogen) atoms. The molecule has 0 heterocycles. The van der Waals surface area contributed by atoms with Gasteiger partial charge in [0, 0.05) is 32.5 Å².